The number of aryl methyl sites for hydroxylation is 3. The van der Waals surface area contributed by atoms with E-state index in [0.29, 0.717) is 29.2 Å². The summed E-state index contributed by atoms with van der Waals surface area (Å²) >= 11 is 0. The van der Waals surface area contributed by atoms with Gasteiger partial charge in [0, 0.05) is 11.3 Å². The number of ether oxygens (including phenoxy) is 1. The Hall–Kier alpha value is -4.06. The number of aromatic hydroxyl groups is 1. The number of aliphatic hydroxyl groups is 1. The van der Waals surface area contributed by atoms with Gasteiger partial charge in [-0.2, -0.15) is 0 Å². The molecule has 3 aromatic carbocycles. The molecular weight excluding hydrogens is 442 g/mol. The molecule has 1 saturated heterocycles. The predicted molar refractivity (Wildman–Crippen MR) is 136 cm³/mol. The number of rotatable bonds is 6. The molecule has 1 aliphatic heterocycles. The number of phenols is 1. The lowest BCUT2D eigenvalue weighted by atomic mass is 9.94. The molecule has 3 aromatic rings. The van der Waals surface area contributed by atoms with E-state index in [-0.39, 0.29) is 17.1 Å². The number of carbonyl (C=O) groups excluding carboxylic acids is 2. The average Bonchev–Trinajstić information content (AvgIpc) is 3.10. The maximum absolute atomic E-state index is 13.3. The van der Waals surface area contributed by atoms with E-state index in [9.17, 15) is 19.8 Å². The molecule has 6 heteroatoms. The van der Waals surface area contributed by atoms with Crippen LogP contribution in [0.4, 0.5) is 5.69 Å². The van der Waals surface area contributed by atoms with Crippen LogP contribution in [0.25, 0.3) is 5.76 Å². The van der Waals surface area contributed by atoms with E-state index in [2.05, 4.69) is 0 Å². The third kappa shape index (κ3) is 4.52. The van der Waals surface area contributed by atoms with Gasteiger partial charge in [-0.05, 0) is 91.9 Å². The normalized spacial score (nSPS) is 17.1. The number of benzene rings is 3. The smallest absolute Gasteiger partial charge is 0.300 e. The van der Waals surface area contributed by atoms with Crippen molar-refractivity contribution in [2.45, 2.75) is 40.2 Å². The Labute approximate surface area is 205 Å². The fourth-order valence-electron chi connectivity index (χ4n) is 4.31. The molecule has 4 rings (SSSR count). The van der Waals surface area contributed by atoms with Crippen molar-refractivity contribution in [1.29, 1.82) is 0 Å². The van der Waals surface area contributed by atoms with E-state index in [1.807, 2.05) is 39.8 Å². The van der Waals surface area contributed by atoms with E-state index in [1.54, 1.807) is 36.4 Å². The van der Waals surface area contributed by atoms with Gasteiger partial charge in [0.2, 0.25) is 0 Å². The zero-order chi connectivity index (χ0) is 25.3. The number of hydrogen-bond donors (Lipinski definition) is 2. The largest absolute Gasteiger partial charge is 0.508 e. The first kappa shape index (κ1) is 24.1. The summed E-state index contributed by atoms with van der Waals surface area (Å²) in [5, 5.41) is 21.5. The van der Waals surface area contributed by atoms with Crippen LogP contribution in [0.5, 0.6) is 11.5 Å². The van der Waals surface area contributed by atoms with Crippen LogP contribution in [0.15, 0.2) is 66.2 Å². The van der Waals surface area contributed by atoms with E-state index in [4.69, 9.17) is 4.74 Å². The van der Waals surface area contributed by atoms with Gasteiger partial charge in [0.05, 0.1) is 18.2 Å². The molecule has 1 amide bonds. The number of phenolic OH excluding ortho intramolecular Hbond substituents is 1. The fourth-order valence-corrected chi connectivity index (χ4v) is 4.31. The summed E-state index contributed by atoms with van der Waals surface area (Å²) in [5.74, 6) is -1.08. The maximum atomic E-state index is 13.3. The van der Waals surface area contributed by atoms with Crippen LogP contribution < -0.4 is 9.64 Å². The minimum Gasteiger partial charge on any atom is -0.508 e. The molecule has 1 fully saturated rings. The average molecular weight is 472 g/mol. The van der Waals surface area contributed by atoms with E-state index >= 15 is 0 Å². The van der Waals surface area contributed by atoms with Crippen molar-refractivity contribution in [1.82, 2.24) is 0 Å². The second-order valence-electron chi connectivity index (χ2n) is 8.86. The predicted octanol–water partition coefficient (Wildman–Crippen LogP) is 5.73. The molecule has 6 nitrogen and oxygen atoms in total. The highest BCUT2D eigenvalue weighted by atomic mass is 16.5. The van der Waals surface area contributed by atoms with Gasteiger partial charge in [-0.15, -0.1) is 0 Å². The van der Waals surface area contributed by atoms with Crippen molar-refractivity contribution in [2.75, 3.05) is 11.5 Å². The Morgan fingerprint density at radius 2 is 1.71 bits per heavy atom. The van der Waals surface area contributed by atoms with Crippen LogP contribution >= 0.6 is 0 Å². The summed E-state index contributed by atoms with van der Waals surface area (Å²) in [7, 11) is 0. The monoisotopic (exact) mass is 471 g/mol. The maximum Gasteiger partial charge on any atom is 0.300 e. The van der Waals surface area contributed by atoms with Crippen molar-refractivity contribution in [3.8, 4) is 11.5 Å². The second-order valence-corrected chi connectivity index (χ2v) is 8.86. The molecule has 1 aliphatic rings. The lowest BCUT2D eigenvalue weighted by Crippen LogP contribution is -2.29. The number of ketones is 1. The molecule has 1 atom stereocenters. The van der Waals surface area contributed by atoms with Gasteiger partial charge < -0.3 is 14.9 Å². The van der Waals surface area contributed by atoms with Crippen molar-refractivity contribution < 1.29 is 24.5 Å². The molecule has 1 unspecified atom stereocenters. The van der Waals surface area contributed by atoms with E-state index in [0.717, 1.165) is 23.1 Å². The van der Waals surface area contributed by atoms with Crippen molar-refractivity contribution in [2.24, 2.45) is 0 Å². The number of anilines is 1. The molecule has 1 heterocycles. The van der Waals surface area contributed by atoms with Gasteiger partial charge in [-0.3, -0.25) is 14.5 Å². The number of Topliss-reactive ketones (excluding diaryl/α,β-unsaturated/α-hetero) is 1. The summed E-state index contributed by atoms with van der Waals surface area (Å²) in [6, 6.07) is 16.2. The number of carbonyl (C=O) groups is 2. The third-order valence-electron chi connectivity index (χ3n) is 6.31. The molecule has 0 aliphatic carbocycles. The lowest BCUT2D eigenvalue weighted by Gasteiger charge is -2.26. The summed E-state index contributed by atoms with van der Waals surface area (Å²) in [5.41, 5.74) is 4.28. The van der Waals surface area contributed by atoms with Gasteiger partial charge in [0.1, 0.15) is 17.3 Å². The zero-order valence-corrected chi connectivity index (χ0v) is 20.3. The Morgan fingerprint density at radius 3 is 2.37 bits per heavy atom. The Kier molecular flexibility index (Phi) is 6.65. The Balaban J connectivity index is 1.89. The van der Waals surface area contributed by atoms with Gasteiger partial charge in [-0.25, -0.2) is 0 Å². The molecule has 0 aromatic heterocycles. The van der Waals surface area contributed by atoms with Crippen LogP contribution in [0, 0.1) is 20.8 Å². The number of hydrogen-bond acceptors (Lipinski definition) is 5. The van der Waals surface area contributed by atoms with E-state index in [1.165, 1.54) is 17.0 Å². The Morgan fingerprint density at radius 1 is 0.943 bits per heavy atom. The van der Waals surface area contributed by atoms with Crippen LogP contribution in [-0.4, -0.2) is 28.5 Å². The highest BCUT2D eigenvalue weighted by molar-refractivity contribution is 6.51. The van der Waals surface area contributed by atoms with Crippen molar-refractivity contribution in [3.05, 3.63) is 94.1 Å². The number of amides is 1. The van der Waals surface area contributed by atoms with Crippen LogP contribution in [-0.2, 0) is 9.59 Å². The molecular formula is C29H29NO5. The Bertz CT molecular complexity index is 1340. The van der Waals surface area contributed by atoms with Crippen molar-refractivity contribution in [3.63, 3.8) is 0 Å². The summed E-state index contributed by atoms with van der Waals surface area (Å²) < 4.78 is 5.73. The standard InChI is InChI=1S/C29H29NO5/c1-5-13-35-24-12-10-21(14-19(24)4)27(32)25-26(20-7-6-8-23(31)16-20)30(29(34)28(25)33)22-11-9-17(2)18(3)15-22/h6-12,14-16,26,31-32H,5,13H2,1-4H3/b27-25+. The van der Waals surface area contributed by atoms with Gasteiger partial charge >= 0.3 is 0 Å². The molecule has 180 valence electrons. The molecule has 0 spiro atoms. The number of aliphatic hydroxyl groups excluding tert-OH is 1. The zero-order valence-electron chi connectivity index (χ0n) is 20.3. The second kappa shape index (κ2) is 9.66. The quantitative estimate of drug-likeness (QED) is 0.272. The molecule has 35 heavy (non-hydrogen) atoms. The number of nitrogens with zero attached hydrogens (tertiary/aromatic N) is 1. The first-order valence-corrected chi connectivity index (χ1v) is 11.6. The SMILES string of the molecule is CCCOc1ccc(/C(O)=C2\C(=O)C(=O)N(c3ccc(C)c(C)c3)C2c2cccc(O)c2)cc1C. The highest BCUT2D eigenvalue weighted by Gasteiger charge is 2.47. The minimum absolute atomic E-state index is 0.00134. The first-order chi connectivity index (χ1) is 16.7. The molecule has 2 N–H and O–H groups in total. The summed E-state index contributed by atoms with van der Waals surface area (Å²) in [4.78, 5) is 28.0. The van der Waals surface area contributed by atoms with Gasteiger partial charge in [-0.1, -0.05) is 25.1 Å². The first-order valence-electron chi connectivity index (χ1n) is 11.6. The van der Waals surface area contributed by atoms with Crippen LogP contribution in [0.3, 0.4) is 0 Å². The van der Waals surface area contributed by atoms with Gasteiger partial charge in [0.15, 0.2) is 0 Å². The van der Waals surface area contributed by atoms with Gasteiger partial charge in [0.25, 0.3) is 11.7 Å². The van der Waals surface area contributed by atoms with Crippen LogP contribution in [0.1, 0.15) is 47.2 Å². The fraction of sp³-hybridized carbons (Fsp3) is 0.241. The molecule has 0 radical (unpaired) electrons. The summed E-state index contributed by atoms with van der Waals surface area (Å²) in [6.07, 6.45) is 0.868. The van der Waals surface area contributed by atoms with Crippen LogP contribution in [0.2, 0.25) is 0 Å². The molecule has 0 saturated carbocycles. The topological polar surface area (TPSA) is 87.1 Å². The molecule has 0 bridgehead atoms. The van der Waals surface area contributed by atoms with Crippen molar-refractivity contribution >= 4 is 23.1 Å². The lowest BCUT2D eigenvalue weighted by molar-refractivity contribution is -0.132. The minimum atomic E-state index is -0.902. The van der Waals surface area contributed by atoms with E-state index < -0.39 is 17.7 Å². The summed E-state index contributed by atoms with van der Waals surface area (Å²) in [6.45, 7) is 8.36. The third-order valence-corrected chi connectivity index (χ3v) is 6.31. The highest BCUT2D eigenvalue weighted by Crippen LogP contribution is 2.43.